The molecule has 0 saturated carbocycles. The lowest BCUT2D eigenvalue weighted by molar-refractivity contribution is -0.141. The zero-order valence-electron chi connectivity index (χ0n) is 25.0. The highest BCUT2D eigenvalue weighted by atomic mass is 35.5. The molecule has 0 unspecified atom stereocenters. The van der Waals surface area contributed by atoms with Gasteiger partial charge in [-0.25, -0.2) is 18.7 Å². The molecule has 3 aromatic heterocycles. The van der Waals surface area contributed by atoms with Gasteiger partial charge in [-0.05, 0) is 50.0 Å². The van der Waals surface area contributed by atoms with E-state index in [1.807, 2.05) is 4.90 Å². The lowest BCUT2D eigenvalue weighted by Crippen LogP contribution is -2.51. The number of fused-ring (bicyclic) bond motifs is 1. The number of nitrogens with zero attached hydrogens (tertiary/aromatic N) is 7. The molecule has 0 radical (unpaired) electrons. The Morgan fingerprint density at radius 1 is 1.06 bits per heavy atom. The molecule has 47 heavy (non-hydrogen) atoms. The van der Waals surface area contributed by atoms with E-state index in [9.17, 15) is 31.5 Å². The molecule has 2 aliphatic rings. The first-order valence-electron chi connectivity index (χ1n) is 15.1. The number of alkyl halides is 5. The summed E-state index contributed by atoms with van der Waals surface area (Å²) in [5, 5.41) is 9.85. The Bertz CT molecular complexity index is 1760. The number of piperidine rings is 1. The number of hydrogen-bond acceptors (Lipinski definition) is 7. The van der Waals surface area contributed by atoms with Crippen LogP contribution in [0, 0.1) is 5.92 Å². The van der Waals surface area contributed by atoms with Crippen LogP contribution in [-0.4, -0.2) is 91.5 Å². The number of hydrogen-bond donors (Lipinski definition) is 2. The van der Waals surface area contributed by atoms with E-state index in [2.05, 4.69) is 25.7 Å². The van der Waals surface area contributed by atoms with Gasteiger partial charge in [-0.15, -0.1) is 0 Å². The maximum Gasteiger partial charge on any atom is 0.435 e. The van der Waals surface area contributed by atoms with Gasteiger partial charge >= 0.3 is 6.18 Å². The number of aromatic nitrogens is 5. The molecule has 250 valence electrons. The average Bonchev–Trinajstić information content (AvgIpc) is 3.66. The van der Waals surface area contributed by atoms with Crippen LogP contribution in [0.25, 0.3) is 16.9 Å². The van der Waals surface area contributed by atoms with Gasteiger partial charge in [-0.3, -0.25) is 18.7 Å². The molecule has 2 saturated heterocycles. The van der Waals surface area contributed by atoms with Crippen LogP contribution in [0.2, 0.25) is 5.02 Å². The van der Waals surface area contributed by atoms with Gasteiger partial charge in [0.25, 0.3) is 12.3 Å². The van der Waals surface area contributed by atoms with Crippen LogP contribution in [0.3, 0.4) is 0 Å². The molecule has 2 aliphatic heterocycles. The largest absolute Gasteiger partial charge is 0.435 e. The van der Waals surface area contributed by atoms with E-state index in [0.29, 0.717) is 48.9 Å². The molecule has 0 atom stereocenters. The molecule has 0 bridgehead atoms. The van der Waals surface area contributed by atoms with Crippen molar-refractivity contribution in [3.05, 3.63) is 59.3 Å². The Morgan fingerprint density at radius 3 is 2.47 bits per heavy atom. The fourth-order valence-corrected chi connectivity index (χ4v) is 6.22. The van der Waals surface area contributed by atoms with Crippen molar-refractivity contribution in [1.82, 2.24) is 39.3 Å². The predicted octanol–water partition coefficient (Wildman–Crippen LogP) is 4.95. The molecular formula is C30H31ClF5N9O2. The average molecular weight is 680 g/mol. The van der Waals surface area contributed by atoms with Gasteiger partial charge < -0.3 is 20.4 Å². The summed E-state index contributed by atoms with van der Waals surface area (Å²) in [7, 11) is 0. The van der Waals surface area contributed by atoms with E-state index in [0.717, 1.165) is 32.1 Å². The topological polar surface area (TPSA) is 113 Å². The summed E-state index contributed by atoms with van der Waals surface area (Å²) in [5.41, 5.74) is -0.886. The van der Waals surface area contributed by atoms with Crippen LogP contribution in [0.5, 0.6) is 0 Å². The number of nitrogens with one attached hydrogen (secondary N) is 2. The molecule has 2 amide bonds. The van der Waals surface area contributed by atoms with Crippen LogP contribution in [0.4, 0.5) is 33.5 Å². The quantitative estimate of drug-likeness (QED) is 0.254. The molecule has 17 heteroatoms. The first kappa shape index (κ1) is 32.6. The standard InChI is InChI=1S/C30H31ClF5N9O2/c31-22-14-19(1-2-20(22)29(47)43-11-9-42(10-12-43)25(46)13-18-3-5-37-6-4-18)40-27-28-39-15-23(45(28)8-7-38-27)21-16-44(17-24(32)33)41-26(21)30(34,35)36/h1-2,7-8,14-16,18,24,37H,3-6,9-13,17H2,(H,38,40). The smallest absolute Gasteiger partial charge is 0.339 e. The molecule has 0 spiro atoms. The zero-order valence-corrected chi connectivity index (χ0v) is 25.7. The summed E-state index contributed by atoms with van der Waals surface area (Å²) in [6.07, 6.45) is -0.463. The van der Waals surface area contributed by atoms with Crippen molar-refractivity contribution in [3.8, 4) is 11.3 Å². The Labute approximate surface area is 270 Å². The Balaban J connectivity index is 1.14. The van der Waals surface area contributed by atoms with E-state index in [1.54, 1.807) is 17.0 Å². The number of piperazine rings is 1. The molecule has 0 aliphatic carbocycles. The fraction of sp³-hybridized carbons (Fsp3) is 0.433. The first-order chi connectivity index (χ1) is 22.5. The van der Waals surface area contributed by atoms with Crippen molar-refractivity contribution in [2.45, 2.75) is 38.4 Å². The zero-order chi connectivity index (χ0) is 33.3. The minimum atomic E-state index is -4.89. The first-order valence-corrected chi connectivity index (χ1v) is 15.5. The summed E-state index contributed by atoms with van der Waals surface area (Å²) in [4.78, 5) is 38.1. The van der Waals surface area contributed by atoms with Gasteiger partial charge in [0, 0.05) is 56.9 Å². The van der Waals surface area contributed by atoms with Crippen molar-refractivity contribution < 1.29 is 31.5 Å². The second-order valence-electron chi connectivity index (χ2n) is 11.5. The number of carbonyl (C=O) groups excluding carboxylic acids is 2. The second-order valence-corrected chi connectivity index (χ2v) is 11.9. The van der Waals surface area contributed by atoms with Gasteiger partial charge in [0.2, 0.25) is 5.91 Å². The lowest BCUT2D eigenvalue weighted by Gasteiger charge is -2.36. The monoisotopic (exact) mass is 679 g/mol. The molecule has 11 nitrogen and oxygen atoms in total. The van der Waals surface area contributed by atoms with Crippen LogP contribution in [0.15, 0.2) is 43.0 Å². The number of rotatable bonds is 8. The van der Waals surface area contributed by atoms with Gasteiger partial charge in [-0.1, -0.05) is 11.6 Å². The third-order valence-electron chi connectivity index (χ3n) is 8.36. The van der Waals surface area contributed by atoms with Crippen molar-refractivity contribution in [2.75, 3.05) is 44.6 Å². The Hall–Kier alpha value is -4.31. The predicted molar refractivity (Wildman–Crippen MR) is 163 cm³/mol. The summed E-state index contributed by atoms with van der Waals surface area (Å²) in [6, 6.07) is 4.70. The highest BCUT2D eigenvalue weighted by Gasteiger charge is 2.38. The SMILES string of the molecule is O=C(CC1CCNCC1)N1CCN(C(=O)c2ccc(Nc3nccn4c(-c5cn(CC(F)F)nc5C(F)(F)F)cnc34)cc2Cl)CC1. The second kappa shape index (κ2) is 13.4. The molecule has 2 N–H and O–H groups in total. The maximum atomic E-state index is 13.8. The number of carbonyl (C=O) groups is 2. The third-order valence-corrected chi connectivity index (χ3v) is 8.68. The highest BCUT2D eigenvalue weighted by molar-refractivity contribution is 6.34. The number of imidazole rings is 1. The number of anilines is 2. The Morgan fingerprint density at radius 2 is 1.79 bits per heavy atom. The van der Waals surface area contributed by atoms with Crippen LogP contribution in [0.1, 0.15) is 35.3 Å². The van der Waals surface area contributed by atoms with Gasteiger partial charge in [0.05, 0.1) is 28.0 Å². The number of benzene rings is 1. The summed E-state index contributed by atoms with van der Waals surface area (Å²) >= 11 is 6.53. The normalized spacial score (nSPS) is 16.3. The summed E-state index contributed by atoms with van der Waals surface area (Å²) in [5.74, 6) is 0.415. The third kappa shape index (κ3) is 7.17. The maximum absolute atomic E-state index is 13.8. The molecule has 1 aromatic carbocycles. The highest BCUT2D eigenvalue weighted by Crippen LogP contribution is 2.37. The van der Waals surface area contributed by atoms with Crippen molar-refractivity contribution >= 4 is 40.6 Å². The molecular weight excluding hydrogens is 649 g/mol. The van der Waals surface area contributed by atoms with E-state index < -0.39 is 30.4 Å². The van der Waals surface area contributed by atoms with Crippen LogP contribution < -0.4 is 10.6 Å². The van der Waals surface area contributed by atoms with Crippen molar-refractivity contribution in [2.24, 2.45) is 5.92 Å². The fourth-order valence-electron chi connectivity index (χ4n) is 5.95. The van der Waals surface area contributed by atoms with E-state index in [1.165, 1.54) is 29.1 Å². The minimum Gasteiger partial charge on any atom is -0.339 e. The van der Waals surface area contributed by atoms with Gasteiger partial charge in [-0.2, -0.15) is 18.3 Å². The van der Waals surface area contributed by atoms with Crippen LogP contribution >= 0.6 is 11.6 Å². The summed E-state index contributed by atoms with van der Waals surface area (Å²) < 4.78 is 69.0. The van der Waals surface area contributed by atoms with Crippen LogP contribution in [-0.2, 0) is 17.5 Å². The number of halogens is 6. The van der Waals surface area contributed by atoms with E-state index in [-0.39, 0.29) is 39.6 Å². The molecule has 6 rings (SSSR count). The molecule has 2 fully saturated rings. The lowest BCUT2D eigenvalue weighted by atomic mass is 9.94. The number of amides is 2. The van der Waals surface area contributed by atoms with Crippen molar-refractivity contribution in [1.29, 1.82) is 0 Å². The van der Waals surface area contributed by atoms with E-state index >= 15 is 0 Å². The molecule has 4 aromatic rings. The Kier molecular flexibility index (Phi) is 9.32. The van der Waals surface area contributed by atoms with Gasteiger partial charge in [0.1, 0.15) is 6.54 Å². The van der Waals surface area contributed by atoms with Gasteiger partial charge in [0.15, 0.2) is 17.2 Å². The summed E-state index contributed by atoms with van der Waals surface area (Å²) in [6.45, 7) is 2.54. The van der Waals surface area contributed by atoms with E-state index in [4.69, 9.17) is 11.6 Å². The minimum absolute atomic E-state index is 0.0228. The van der Waals surface area contributed by atoms with Crippen molar-refractivity contribution in [3.63, 3.8) is 0 Å². The molecule has 5 heterocycles.